The molecular weight excluding hydrogens is 424 g/mol. The first-order valence-electron chi connectivity index (χ1n) is 11.5. The Bertz CT molecular complexity index is 844. The summed E-state index contributed by atoms with van der Waals surface area (Å²) in [6.45, 7) is 10.6. The predicted octanol–water partition coefficient (Wildman–Crippen LogP) is 2.96. The van der Waals surface area contributed by atoms with Gasteiger partial charge in [-0.3, -0.25) is 9.59 Å². The molecule has 1 aliphatic rings. The largest absolute Gasteiger partial charge is 0.491 e. The maximum Gasteiger partial charge on any atom is 0.319 e. The van der Waals surface area contributed by atoms with Crippen LogP contribution in [0.15, 0.2) is 18.2 Å². The number of amides is 4. The van der Waals surface area contributed by atoms with Crippen molar-refractivity contribution in [1.29, 1.82) is 0 Å². The van der Waals surface area contributed by atoms with Crippen molar-refractivity contribution in [3.8, 4) is 5.75 Å². The topological polar surface area (TPSA) is 100 Å². The average molecular weight is 463 g/mol. The first-order valence-corrected chi connectivity index (χ1v) is 11.5. The van der Waals surface area contributed by atoms with Crippen LogP contribution in [0.3, 0.4) is 0 Å². The number of urea groups is 1. The number of methoxy groups -OCH3 is 1. The van der Waals surface area contributed by atoms with Gasteiger partial charge in [-0.05, 0) is 39.0 Å². The molecule has 0 aromatic heterocycles. The van der Waals surface area contributed by atoms with E-state index in [1.165, 1.54) is 0 Å². The van der Waals surface area contributed by atoms with Gasteiger partial charge < -0.3 is 29.9 Å². The number of carbonyl (C=O) groups excluding carboxylic acids is 3. The molecule has 0 bridgehead atoms. The quantitative estimate of drug-likeness (QED) is 0.717. The Balaban J connectivity index is 2.41. The van der Waals surface area contributed by atoms with Crippen LogP contribution < -0.4 is 15.4 Å². The second-order valence-corrected chi connectivity index (χ2v) is 8.96. The van der Waals surface area contributed by atoms with Crippen molar-refractivity contribution >= 4 is 23.5 Å². The van der Waals surface area contributed by atoms with E-state index in [9.17, 15) is 14.4 Å². The lowest BCUT2D eigenvalue weighted by molar-refractivity contribution is -0.135. The number of benzene rings is 1. The molecule has 0 radical (unpaired) electrons. The second kappa shape index (κ2) is 11.9. The van der Waals surface area contributed by atoms with Crippen LogP contribution >= 0.6 is 0 Å². The highest BCUT2D eigenvalue weighted by Crippen LogP contribution is 2.26. The molecule has 4 amide bonds. The van der Waals surface area contributed by atoms with Gasteiger partial charge in [0.15, 0.2) is 0 Å². The standard InChI is InChI=1S/C24H38N4O5/c1-8-22(29)28-12-16(4)21(32-7)13-27(6)23(30)19-11-18(26-24(31)25-15(2)3)9-10-20(19)33-14-17(28)5/h9-11,15-17,21H,8,12-14H2,1-7H3,(H2,25,26,31)/t16-,17-,21+/m1/s1. The molecule has 1 aromatic carbocycles. The molecule has 0 saturated heterocycles. The molecule has 1 aromatic rings. The van der Waals surface area contributed by atoms with Crippen molar-refractivity contribution in [2.45, 2.75) is 59.2 Å². The Kier molecular flexibility index (Phi) is 9.52. The minimum atomic E-state index is -0.351. The van der Waals surface area contributed by atoms with Gasteiger partial charge in [0.2, 0.25) is 5.91 Å². The van der Waals surface area contributed by atoms with Crippen molar-refractivity contribution in [3.05, 3.63) is 23.8 Å². The van der Waals surface area contributed by atoms with E-state index >= 15 is 0 Å². The average Bonchev–Trinajstić information content (AvgIpc) is 2.77. The lowest BCUT2D eigenvalue weighted by Crippen LogP contribution is -2.48. The number of carbonyl (C=O) groups is 3. The van der Waals surface area contributed by atoms with Crippen molar-refractivity contribution in [3.63, 3.8) is 0 Å². The molecule has 3 atom stereocenters. The molecule has 184 valence electrons. The summed E-state index contributed by atoms with van der Waals surface area (Å²) in [5, 5.41) is 5.52. The third-order valence-corrected chi connectivity index (χ3v) is 5.75. The summed E-state index contributed by atoms with van der Waals surface area (Å²) in [6.07, 6.45) is 0.150. The molecule has 0 aliphatic carbocycles. The number of anilines is 1. The van der Waals surface area contributed by atoms with Gasteiger partial charge in [-0.2, -0.15) is 0 Å². The Morgan fingerprint density at radius 3 is 2.55 bits per heavy atom. The van der Waals surface area contributed by atoms with Crippen LogP contribution in [-0.2, 0) is 9.53 Å². The molecule has 0 fully saturated rings. The smallest absolute Gasteiger partial charge is 0.319 e. The van der Waals surface area contributed by atoms with Crippen molar-refractivity contribution < 1.29 is 23.9 Å². The van der Waals surface area contributed by atoms with Crippen molar-refractivity contribution in [2.24, 2.45) is 5.92 Å². The number of likely N-dealkylation sites (N-methyl/N-ethyl adjacent to an activating group) is 1. The van der Waals surface area contributed by atoms with Crippen LogP contribution in [0, 0.1) is 5.92 Å². The normalized spacial score (nSPS) is 22.1. The summed E-state index contributed by atoms with van der Waals surface area (Å²) in [7, 11) is 3.33. The lowest BCUT2D eigenvalue weighted by atomic mass is 10.0. The highest BCUT2D eigenvalue weighted by Gasteiger charge is 2.30. The molecule has 0 saturated carbocycles. The Morgan fingerprint density at radius 1 is 1.24 bits per heavy atom. The van der Waals surface area contributed by atoms with Crippen LogP contribution in [0.1, 0.15) is 51.4 Å². The molecule has 9 nitrogen and oxygen atoms in total. The van der Waals surface area contributed by atoms with Crippen molar-refractivity contribution in [2.75, 3.05) is 39.2 Å². The maximum atomic E-state index is 13.3. The molecule has 0 unspecified atom stereocenters. The first-order chi connectivity index (χ1) is 15.6. The van der Waals surface area contributed by atoms with Crippen LogP contribution in [0.5, 0.6) is 5.75 Å². The molecule has 1 aliphatic heterocycles. The number of ether oxygens (including phenoxy) is 2. The number of fused-ring (bicyclic) bond motifs is 1. The van der Waals surface area contributed by atoms with Gasteiger partial charge in [0, 0.05) is 51.3 Å². The molecule has 9 heteroatoms. The summed E-state index contributed by atoms with van der Waals surface area (Å²) in [6, 6.07) is 4.42. The Labute approximate surface area is 196 Å². The number of nitrogens with zero attached hydrogens (tertiary/aromatic N) is 2. The van der Waals surface area contributed by atoms with Gasteiger partial charge in [-0.25, -0.2) is 4.79 Å². The minimum Gasteiger partial charge on any atom is -0.491 e. The van der Waals surface area contributed by atoms with Crippen LogP contribution in [0.25, 0.3) is 0 Å². The number of hydrogen-bond donors (Lipinski definition) is 2. The summed E-state index contributed by atoms with van der Waals surface area (Å²) >= 11 is 0. The maximum absolute atomic E-state index is 13.3. The van der Waals surface area contributed by atoms with Crippen LogP contribution in [0.4, 0.5) is 10.5 Å². The van der Waals surface area contributed by atoms with E-state index in [1.54, 1.807) is 37.3 Å². The predicted molar refractivity (Wildman–Crippen MR) is 128 cm³/mol. The van der Waals surface area contributed by atoms with E-state index in [-0.39, 0.29) is 48.6 Å². The minimum absolute atomic E-state index is 0.00910. The number of nitrogens with one attached hydrogen (secondary N) is 2. The molecular formula is C24H38N4O5. The monoisotopic (exact) mass is 462 g/mol. The summed E-state index contributed by atoms with van der Waals surface area (Å²) in [4.78, 5) is 41.5. The van der Waals surface area contributed by atoms with E-state index < -0.39 is 0 Å². The van der Waals surface area contributed by atoms with Gasteiger partial charge >= 0.3 is 6.03 Å². The number of rotatable bonds is 4. The van der Waals surface area contributed by atoms with E-state index in [0.29, 0.717) is 36.5 Å². The van der Waals surface area contributed by atoms with E-state index in [0.717, 1.165) is 0 Å². The highest BCUT2D eigenvalue weighted by atomic mass is 16.5. The van der Waals surface area contributed by atoms with E-state index in [4.69, 9.17) is 9.47 Å². The van der Waals surface area contributed by atoms with Gasteiger partial charge in [0.25, 0.3) is 5.91 Å². The van der Waals surface area contributed by atoms with E-state index in [2.05, 4.69) is 10.6 Å². The molecule has 0 spiro atoms. The highest BCUT2D eigenvalue weighted by molar-refractivity contribution is 5.99. The van der Waals surface area contributed by atoms with Crippen molar-refractivity contribution in [1.82, 2.24) is 15.1 Å². The zero-order chi connectivity index (χ0) is 24.7. The summed E-state index contributed by atoms with van der Waals surface area (Å²) in [5.41, 5.74) is 0.820. The third-order valence-electron chi connectivity index (χ3n) is 5.75. The lowest BCUT2D eigenvalue weighted by Gasteiger charge is -2.36. The second-order valence-electron chi connectivity index (χ2n) is 8.96. The van der Waals surface area contributed by atoms with Gasteiger partial charge in [-0.1, -0.05) is 13.8 Å². The molecule has 2 N–H and O–H groups in total. The number of hydrogen-bond acceptors (Lipinski definition) is 5. The van der Waals surface area contributed by atoms with Gasteiger partial charge in [-0.15, -0.1) is 0 Å². The van der Waals surface area contributed by atoms with Gasteiger partial charge in [0.05, 0.1) is 17.7 Å². The first kappa shape index (κ1) is 26.4. The fraction of sp³-hybridized carbons (Fsp3) is 0.625. The fourth-order valence-corrected chi connectivity index (χ4v) is 3.83. The third kappa shape index (κ3) is 7.08. The Hall–Kier alpha value is -2.81. The Morgan fingerprint density at radius 2 is 1.94 bits per heavy atom. The molecule has 1 heterocycles. The zero-order valence-electron chi connectivity index (χ0n) is 20.8. The summed E-state index contributed by atoms with van der Waals surface area (Å²) < 4.78 is 11.7. The summed E-state index contributed by atoms with van der Waals surface area (Å²) in [5.74, 6) is 0.224. The van der Waals surface area contributed by atoms with E-state index in [1.807, 2.05) is 39.5 Å². The fourth-order valence-electron chi connectivity index (χ4n) is 3.83. The van der Waals surface area contributed by atoms with Crippen LogP contribution in [0.2, 0.25) is 0 Å². The van der Waals surface area contributed by atoms with Gasteiger partial charge in [0.1, 0.15) is 12.4 Å². The van der Waals surface area contributed by atoms with Crippen LogP contribution in [-0.4, -0.2) is 79.7 Å². The SMILES string of the molecule is CCC(=O)N1C[C@@H](C)[C@@H](OC)CN(C)C(=O)c2cc(NC(=O)NC(C)C)ccc2OC[C@H]1C. The zero-order valence-corrected chi connectivity index (χ0v) is 20.8. The molecule has 33 heavy (non-hydrogen) atoms. The molecule has 2 rings (SSSR count).